The summed E-state index contributed by atoms with van der Waals surface area (Å²) in [5, 5.41) is 50.3. The number of fused-ring (bicyclic) bond motifs is 7. The van der Waals surface area contributed by atoms with Crippen LogP contribution in [0.15, 0.2) is 66.9 Å². The van der Waals surface area contributed by atoms with Crippen molar-refractivity contribution < 1.29 is 48.7 Å². The Morgan fingerprint density at radius 3 is 2.21 bits per heavy atom. The van der Waals surface area contributed by atoms with Gasteiger partial charge in [0.15, 0.2) is 0 Å². The fourth-order valence-electron chi connectivity index (χ4n) is 16.8. The van der Waals surface area contributed by atoms with Gasteiger partial charge < -0.3 is 34.8 Å². The van der Waals surface area contributed by atoms with Crippen molar-refractivity contribution in [2.75, 3.05) is 20.8 Å². The Morgan fingerprint density at radius 1 is 0.872 bits per heavy atom. The van der Waals surface area contributed by atoms with Crippen molar-refractivity contribution in [3.63, 3.8) is 0 Å². The highest BCUT2D eigenvalue weighted by Crippen LogP contribution is 2.78. The highest BCUT2D eigenvalue weighted by molar-refractivity contribution is 6.03. The van der Waals surface area contributed by atoms with Crippen LogP contribution in [0.1, 0.15) is 157 Å². The molecule has 8 rings (SSSR count). The summed E-state index contributed by atoms with van der Waals surface area (Å²) in [5.74, 6) is 0.131. The Kier molecular flexibility index (Phi) is 16.1. The predicted octanol–water partition coefficient (Wildman–Crippen LogP) is 9.65. The standard InChI is InChI=1S/C62H90N6O10/c1-38(2)43-24-27-61(53(72)73)30-29-59(11)44(50(43)61)22-23-48-58(10)28-31-62(75,56(6,7)47(58)25-26-60(48,59)12)49-36-67(66-65-49)35-41(32-39-18-16-15-17-19-39)68(51(70)45(37-69)64-54(74)78-55(3,4)5)52(71)57(8,9)63-34-40-20-21-42(76-13)33-46(40)77-14/h15-21,33,36,41,43-45,47-48,50,63,69,75H,1,22-32,34-35,37H2,2-14H3,(H,64,74)(H,72,73)/t41-,43-,44+,45-,47-,48+,50+,58-,59+,60+,61-,62+/m0/s1. The van der Waals surface area contributed by atoms with E-state index in [2.05, 4.69) is 64.0 Å². The summed E-state index contributed by atoms with van der Waals surface area (Å²) in [6, 6.07) is 12.3. The predicted molar refractivity (Wildman–Crippen MR) is 297 cm³/mol. The van der Waals surface area contributed by atoms with E-state index in [9.17, 15) is 24.9 Å². The number of ether oxygens (including phenoxy) is 3. The number of allylic oxidation sites excluding steroid dienone is 1. The maximum atomic E-state index is 15.4. The molecule has 5 saturated carbocycles. The van der Waals surface area contributed by atoms with E-state index in [1.54, 1.807) is 71.8 Å². The van der Waals surface area contributed by atoms with E-state index >= 15 is 9.59 Å². The molecule has 0 unspecified atom stereocenters. The molecule has 3 aromatic rings. The SMILES string of the molecule is C=C(C)[C@@H]1CC[C@]2(C(=O)O)CC[C@]3(C)[C@H](CC[C@@H]4[C@@]5(C)CC[C@@](O)(c6cn(C[C@H](Cc7ccccc7)N(C(=O)[C@H](CO)NC(=O)OC(C)(C)C)C(=O)C(C)(C)NCc7ccc(OC)cc7OC)nn6)C(C)(C)[C@@H]5CC[C@]43C)[C@@H]12. The first kappa shape index (κ1) is 58.8. The monoisotopic (exact) mass is 1080 g/mol. The number of carboxylic acids is 1. The highest BCUT2D eigenvalue weighted by Gasteiger charge is 2.73. The molecule has 0 spiro atoms. The number of aliphatic hydroxyl groups excluding tert-OH is 1. The summed E-state index contributed by atoms with van der Waals surface area (Å²) in [6.07, 6.45) is 9.36. The number of rotatable bonds is 17. The number of imide groups is 1. The fraction of sp³-hybridized carbons (Fsp3) is 0.677. The second-order valence-electron chi connectivity index (χ2n) is 26.9. The molecule has 2 aromatic carbocycles. The Balaban J connectivity index is 1.10. The van der Waals surface area contributed by atoms with Crippen LogP contribution >= 0.6 is 0 Å². The van der Waals surface area contributed by atoms with Gasteiger partial charge in [0.2, 0.25) is 5.91 Å². The molecule has 0 radical (unpaired) electrons. The normalized spacial score (nSPS) is 32.0. The van der Waals surface area contributed by atoms with Gasteiger partial charge in [0.25, 0.3) is 5.91 Å². The molecule has 5 aliphatic carbocycles. The zero-order valence-electron chi connectivity index (χ0n) is 48.8. The number of aliphatic carboxylic acids is 1. The number of carbonyl (C=O) groups is 4. The van der Waals surface area contributed by atoms with Crippen LogP contribution in [0.2, 0.25) is 0 Å². The van der Waals surface area contributed by atoms with Gasteiger partial charge in [-0.3, -0.25) is 29.3 Å². The van der Waals surface area contributed by atoms with Gasteiger partial charge in [-0.15, -0.1) is 5.10 Å². The van der Waals surface area contributed by atoms with Crippen LogP contribution in [0.25, 0.3) is 0 Å². The van der Waals surface area contributed by atoms with Crippen LogP contribution in [0.3, 0.4) is 0 Å². The van der Waals surface area contributed by atoms with E-state index in [1.807, 2.05) is 36.4 Å². The number of benzene rings is 2. The van der Waals surface area contributed by atoms with Gasteiger partial charge in [-0.1, -0.05) is 88.4 Å². The Morgan fingerprint density at radius 2 is 1.58 bits per heavy atom. The van der Waals surface area contributed by atoms with Gasteiger partial charge in [-0.05, 0) is 170 Å². The van der Waals surface area contributed by atoms with Crippen molar-refractivity contribution in [3.05, 3.63) is 83.7 Å². The first-order valence-electron chi connectivity index (χ1n) is 28.5. The summed E-state index contributed by atoms with van der Waals surface area (Å²) in [4.78, 5) is 58.2. The molecule has 16 nitrogen and oxygen atoms in total. The van der Waals surface area contributed by atoms with Crippen LogP contribution in [-0.4, -0.2) is 103 Å². The smallest absolute Gasteiger partial charge is 0.408 e. The number of methoxy groups -OCH3 is 2. The molecule has 0 aliphatic heterocycles. The van der Waals surface area contributed by atoms with Crippen LogP contribution in [0, 0.1) is 56.7 Å². The highest BCUT2D eigenvalue weighted by atomic mass is 16.6. The number of aromatic nitrogens is 3. The van der Waals surface area contributed by atoms with Gasteiger partial charge in [0.05, 0.1) is 50.6 Å². The molecule has 428 valence electrons. The van der Waals surface area contributed by atoms with E-state index < -0.39 is 70.1 Å². The molecule has 5 fully saturated rings. The Hall–Kier alpha value is -5.32. The van der Waals surface area contributed by atoms with E-state index in [0.717, 1.165) is 73.0 Å². The lowest BCUT2D eigenvalue weighted by atomic mass is 9.31. The topological polar surface area (TPSA) is 215 Å². The summed E-state index contributed by atoms with van der Waals surface area (Å²) >= 11 is 0. The van der Waals surface area contributed by atoms with Crippen LogP contribution in [-0.2, 0) is 44.2 Å². The van der Waals surface area contributed by atoms with Crippen molar-refractivity contribution in [3.8, 4) is 11.5 Å². The summed E-state index contributed by atoms with van der Waals surface area (Å²) in [5.41, 5.74) is -2.17. The average molecular weight is 1080 g/mol. The summed E-state index contributed by atoms with van der Waals surface area (Å²) < 4.78 is 18.2. The Labute approximate surface area is 462 Å². The van der Waals surface area contributed by atoms with Crippen molar-refractivity contribution in [2.45, 2.75) is 189 Å². The van der Waals surface area contributed by atoms with E-state index in [4.69, 9.17) is 19.3 Å². The molecule has 1 aromatic heterocycles. The Bertz CT molecular complexity index is 2740. The first-order chi connectivity index (χ1) is 36.5. The molecule has 0 saturated heterocycles. The summed E-state index contributed by atoms with van der Waals surface area (Å²) in [6.45, 7) is 26.1. The number of aliphatic hydroxyl groups is 2. The second-order valence-corrected chi connectivity index (χ2v) is 26.9. The molecule has 0 bridgehead atoms. The van der Waals surface area contributed by atoms with Crippen LogP contribution < -0.4 is 20.1 Å². The van der Waals surface area contributed by atoms with E-state index in [0.29, 0.717) is 41.9 Å². The summed E-state index contributed by atoms with van der Waals surface area (Å²) in [7, 11) is 3.11. The minimum Gasteiger partial charge on any atom is -0.497 e. The number of alkyl carbamates (subject to hydrolysis) is 1. The lowest BCUT2D eigenvalue weighted by molar-refractivity contribution is -0.268. The zero-order chi connectivity index (χ0) is 57.2. The lowest BCUT2D eigenvalue weighted by Crippen LogP contribution is -2.68. The average Bonchev–Trinajstić information content (AvgIpc) is 4.09. The number of carboxylic acid groups (broad SMARTS) is 1. The third kappa shape index (κ3) is 10.1. The quantitative estimate of drug-likeness (QED) is 0.0798. The molecule has 16 heteroatoms. The molecule has 5 aliphatic rings. The van der Waals surface area contributed by atoms with Gasteiger partial charge in [-0.2, -0.15) is 0 Å². The number of nitrogens with zero attached hydrogens (tertiary/aromatic N) is 4. The van der Waals surface area contributed by atoms with Gasteiger partial charge in [-0.25, -0.2) is 4.79 Å². The maximum absolute atomic E-state index is 15.4. The van der Waals surface area contributed by atoms with E-state index in [-0.39, 0.29) is 53.5 Å². The largest absolute Gasteiger partial charge is 0.497 e. The van der Waals surface area contributed by atoms with Gasteiger partial charge in [0.1, 0.15) is 34.4 Å². The lowest BCUT2D eigenvalue weighted by Gasteiger charge is -2.73. The van der Waals surface area contributed by atoms with Crippen LogP contribution in [0.5, 0.6) is 11.5 Å². The van der Waals surface area contributed by atoms with Crippen molar-refractivity contribution in [1.29, 1.82) is 0 Å². The number of hydrogen-bond acceptors (Lipinski definition) is 12. The fourth-order valence-corrected chi connectivity index (χ4v) is 16.8. The molecule has 1 heterocycles. The van der Waals surface area contributed by atoms with Crippen molar-refractivity contribution >= 4 is 23.9 Å². The molecule has 12 atom stereocenters. The van der Waals surface area contributed by atoms with E-state index in [1.165, 1.54) is 0 Å². The van der Waals surface area contributed by atoms with Crippen molar-refractivity contribution in [2.24, 2.45) is 56.7 Å². The molecule has 78 heavy (non-hydrogen) atoms. The minimum atomic E-state index is -1.56. The van der Waals surface area contributed by atoms with Gasteiger partial charge >= 0.3 is 12.1 Å². The number of amides is 3. The second kappa shape index (κ2) is 21.3. The third-order valence-electron chi connectivity index (χ3n) is 21.1. The first-order valence-corrected chi connectivity index (χ1v) is 28.5. The minimum absolute atomic E-state index is 0.0265. The molecular formula is C62H90N6O10. The maximum Gasteiger partial charge on any atom is 0.408 e. The van der Waals surface area contributed by atoms with Crippen LogP contribution in [0.4, 0.5) is 4.79 Å². The number of nitrogens with one attached hydrogen (secondary N) is 2. The molecule has 3 amide bonds. The van der Waals surface area contributed by atoms with Gasteiger partial charge in [0, 0.05) is 23.6 Å². The molecule has 5 N–H and O–H groups in total. The zero-order valence-corrected chi connectivity index (χ0v) is 48.8. The number of hydrogen-bond donors (Lipinski definition) is 5. The molecular weight excluding hydrogens is 989 g/mol. The number of carbonyl (C=O) groups excluding carboxylic acids is 3. The van der Waals surface area contributed by atoms with Crippen molar-refractivity contribution in [1.82, 2.24) is 30.5 Å². The third-order valence-corrected chi connectivity index (χ3v) is 21.1.